The zero-order valence-electron chi connectivity index (χ0n) is 23.7. The smallest absolute Gasteiger partial charge is 0.417 e. The van der Waals surface area contributed by atoms with Gasteiger partial charge in [-0.2, -0.15) is 13.2 Å². The molecule has 1 aliphatic heterocycles. The van der Waals surface area contributed by atoms with Crippen molar-refractivity contribution >= 4 is 29.0 Å². The van der Waals surface area contributed by atoms with Gasteiger partial charge in [0, 0.05) is 47.3 Å². The fourth-order valence-corrected chi connectivity index (χ4v) is 6.52. The molecule has 2 aromatic heterocycles. The number of carbonyl (C=O) groups excluding carboxylic acids is 1. The van der Waals surface area contributed by atoms with Gasteiger partial charge in [-0.3, -0.25) is 4.79 Å². The first-order valence-electron chi connectivity index (χ1n) is 13.3. The second-order valence-electron chi connectivity index (χ2n) is 12.3. The molecule has 5 nitrogen and oxygen atoms in total. The summed E-state index contributed by atoms with van der Waals surface area (Å²) < 4.78 is 38.2. The lowest BCUT2D eigenvalue weighted by molar-refractivity contribution is -0.138. The predicted octanol–water partition coefficient (Wildman–Crippen LogP) is 8.02. The van der Waals surface area contributed by atoms with Crippen molar-refractivity contribution in [1.29, 1.82) is 0 Å². The molecule has 1 saturated heterocycles. The molecule has 0 bridgehead atoms. The maximum absolute atomic E-state index is 12.7. The molecule has 0 radical (unpaired) electrons. The van der Waals surface area contributed by atoms with Gasteiger partial charge >= 0.3 is 6.18 Å². The number of thiazole rings is 1. The Morgan fingerprint density at radius 3 is 2.15 bits per heavy atom. The molecule has 216 valence electrons. The van der Waals surface area contributed by atoms with E-state index in [9.17, 15) is 23.1 Å². The van der Waals surface area contributed by atoms with Crippen LogP contribution in [-0.2, 0) is 21.8 Å². The molecule has 10 heteroatoms. The zero-order chi connectivity index (χ0) is 29.5. The SMILES string of the molecule is CC(C)(C)c1cc(-c2csc(C3CCN(C(=O)CSc4ccc(C(F)(F)F)cn4)CC3)n2)cc(C(C)(C)C)c1O. The summed E-state index contributed by atoms with van der Waals surface area (Å²) in [7, 11) is 0. The fraction of sp³-hybridized carbons (Fsp3) is 0.500. The van der Waals surface area contributed by atoms with Gasteiger partial charge in [0.2, 0.25) is 5.91 Å². The van der Waals surface area contributed by atoms with Crippen LogP contribution in [0.2, 0.25) is 0 Å². The van der Waals surface area contributed by atoms with Crippen LogP contribution in [0.3, 0.4) is 0 Å². The molecule has 40 heavy (non-hydrogen) atoms. The highest BCUT2D eigenvalue weighted by atomic mass is 32.2. The lowest BCUT2D eigenvalue weighted by atomic mass is 9.78. The van der Waals surface area contributed by atoms with Crippen molar-refractivity contribution in [3.63, 3.8) is 0 Å². The van der Waals surface area contributed by atoms with Crippen molar-refractivity contribution in [3.8, 4) is 17.0 Å². The van der Waals surface area contributed by atoms with E-state index >= 15 is 0 Å². The van der Waals surface area contributed by atoms with Crippen molar-refractivity contribution in [3.05, 3.63) is 57.5 Å². The molecule has 0 spiro atoms. The maximum Gasteiger partial charge on any atom is 0.417 e. The monoisotopic (exact) mass is 591 g/mol. The Morgan fingerprint density at radius 1 is 1.05 bits per heavy atom. The second-order valence-corrected chi connectivity index (χ2v) is 14.2. The molecule has 1 aromatic carbocycles. The van der Waals surface area contributed by atoms with Gasteiger partial charge in [0.25, 0.3) is 0 Å². The molecular weight excluding hydrogens is 555 g/mol. The Hall–Kier alpha value is -2.59. The number of amides is 1. The van der Waals surface area contributed by atoms with Crippen LogP contribution < -0.4 is 0 Å². The third-order valence-electron chi connectivity index (χ3n) is 7.15. The lowest BCUT2D eigenvalue weighted by Gasteiger charge is -2.31. The van der Waals surface area contributed by atoms with Crippen molar-refractivity contribution in [2.24, 2.45) is 0 Å². The quantitative estimate of drug-likeness (QED) is 0.304. The summed E-state index contributed by atoms with van der Waals surface area (Å²) in [5.41, 5.74) is 2.46. The molecule has 1 amide bonds. The number of aromatic hydroxyl groups is 1. The van der Waals surface area contributed by atoms with E-state index in [-0.39, 0.29) is 28.4 Å². The molecule has 0 unspecified atom stereocenters. The number of carbonyl (C=O) groups is 1. The summed E-state index contributed by atoms with van der Waals surface area (Å²) >= 11 is 2.78. The van der Waals surface area contributed by atoms with Gasteiger partial charge in [-0.25, -0.2) is 9.97 Å². The molecule has 1 fully saturated rings. The summed E-state index contributed by atoms with van der Waals surface area (Å²) in [6, 6.07) is 6.39. The van der Waals surface area contributed by atoms with Crippen molar-refractivity contribution in [2.45, 2.75) is 82.3 Å². The van der Waals surface area contributed by atoms with Crippen molar-refractivity contribution in [2.75, 3.05) is 18.8 Å². The number of piperidine rings is 1. The highest BCUT2D eigenvalue weighted by molar-refractivity contribution is 7.99. The molecule has 1 N–H and O–H groups in total. The number of thioether (sulfide) groups is 1. The predicted molar refractivity (Wildman–Crippen MR) is 155 cm³/mol. The summed E-state index contributed by atoms with van der Waals surface area (Å²) in [6.45, 7) is 13.8. The number of aromatic nitrogens is 2. The number of hydrogen-bond donors (Lipinski definition) is 1. The first kappa shape index (κ1) is 30.4. The van der Waals surface area contributed by atoms with Crippen LogP contribution in [0.25, 0.3) is 11.3 Å². The largest absolute Gasteiger partial charge is 0.507 e. The number of phenols is 1. The van der Waals surface area contributed by atoms with Gasteiger partial charge in [-0.1, -0.05) is 53.3 Å². The molecule has 1 aliphatic rings. The summed E-state index contributed by atoms with van der Waals surface area (Å²) in [4.78, 5) is 23.4. The van der Waals surface area contributed by atoms with E-state index in [2.05, 4.69) is 51.9 Å². The number of phenolic OH excluding ortho intramolecular Hbond substituents is 1. The maximum atomic E-state index is 12.7. The van der Waals surface area contributed by atoms with Crippen LogP contribution in [0.15, 0.2) is 40.9 Å². The number of alkyl halides is 3. The van der Waals surface area contributed by atoms with Crippen molar-refractivity contribution < 1.29 is 23.1 Å². The van der Waals surface area contributed by atoms with E-state index in [1.165, 1.54) is 6.07 Å². The first-order chi connectivity index (χ1) is 18.5. The molecule has 3 aromatic rings. The fourth-order valence-electron chi connectivity index (χ4n) is 4.77. The number of halogens is 3. The van der Waals surface area contributed by atoms with Crippen LogP contribution in [0.1, 0.15) is 82.0 Å². The Kier molecular flexibility index (Phi) is 8.62. The highest BCUT2D eigenvalue weighted by Gasteiger charge is 2.31. The minimum atomic E-state index is -4.43. The molecule has 3 heterocycles. The van der Waals surface area contributed by atoms with Crippen molar-refractivity contribution in [1.82, 2.24) is 14.9 Å². The normalized spacial score (nSPS) is 15.5. The third kappa shape index (κ3) is 7.00. The van der Waals surface area contributed by atoms with E-state index in [1.54, 1.807) is 11.3 Å². The van der Waals surface area contributed by atoms with E-state index in [1.807, 2.05) is 17.0 Å². The Labute approximate surface area is 242 Å². The summed E-state index contributed by atoms with van der Waals surface area (Å²) in [5, 5.41) is 14.6. The Morgan fingerprint density at radius 2 is 1.65 bits per heavy atom. The summed E-state index contributed by atoms with van der Waals surface area (Å²) in [5.74, 6) is 0.702. The van der Waals surface area contributed by atoms with Crippen LogP contribution in [-0.4, -0.2) is 44.7 Å². The topological polar surface area (TPSA) is 66.3 Å². The van der Waals surface area contributed by atoms with Crippen LogP contribution in [0, 0.1) is 0 Å². The number of nitrogens with zero attached hydrogens (tertiary/aromatic N) is 3. The molecule has 0 aliphatic carbocycles. The second kappa shape index (κ2) is 11.4. The number of pyridine rings is 1. The van der Waals surface area contributed by atoms with E-state index in [4.69, 9.17) is 4.98 Å². The number of rotatable bonds is 5. The van der Waals surface area contributed by atoms with Gasteiger partial charge in [-0.05, 0) is 47.9 Å². The third-order valence-corrected chi connectivity index (χ3v) is 9.08. The average Bonchev–Trinajstić information content (AvgIpc) is 3.36. The lowest BCUT2D eigenvalue weighted by Crippen LogP contribution is -2.38. The Bertz CT molecular complexity index is 1310. The van der Waals surface area contributed by atoms with E-state index in [0.29, 0.717) is 23.9 Å². The summed E-state index contributed by atoms with van der Waals surface area (Å²) in [6.07, 6.45) is -2.02. The highest BCUT2D eigenvalue weighted by Crippen LogP contribution is 2.43. The minimum Gasteiger partial charge on any atom is -0.507 e. The van der Waals surface area contributed by atoms with Gasteiger partial charge in [-0.15, -0.1) is 11.3 Å². The first-order valence-corrected chi connectivity index (χ1v) is 15.2. The molecule has 4 rings (SSSR count). The van der Waals surface area contributed by atoms with Gasteiger partial charge in [0.1, 0.15) is 5.75 Å². The molecular formula is C30H36F3N3O2S2. The van der Waals surface area contributed by atoms with Crippen LogP contribution in [0.5, 0.6) is 5.75 Å². The molecule has 0 saturated carbocycles. The van der Waals surface area contributed by atoms with Gasteiger partial charge in [0.15, 0.2) is 0 Å². The number of likely N-dealkylation sites (tertiary alicyclic amines) is 1. The van der Waals surface area contributed by atoms with E-state index < -0.39 is 11.7 Å². The number of benzene rings is 1. The average molecular weight is 592 g/mol. The van der Waals surface area contributed by atoms with E-state index in [0.717, 1.165) is 64.3 Å². The Balaban J connectivity index is 1.39. The standard InChI is InChI=1S/C30H36F3N3O2S2/c1-28(2,3)21-13-19(14-22(26(21)38)29(4,5)6)23-16-40-27(35-23)18-9-11-36(12-10-18)25(37)17-39-24-8-7-20(15-34-24)30(31,32)33/h7-8,13-16,18,38H,9-12,17H2,1-6H3. The number of hydrogen-bond acceptors (Lipinski definition) is 6. The van der Waals surface area contributed by atoms with Gasteiger partial charge < -0.3 is 10.0 Å². The zero-order valence-corrected chi connectivity index (χ0v) is 25.4. The minimum absolute atomic E-state index is 0.0431. The van der Waals surface area contributed by atoms with Crippen LogP contribution >= 0.6 is 23.1 Å². The van der Waals surface area contributed by atoms with Crippen LogP contribution in [0.4, 0.5) is 13.2 Å². The molecule has 0 atom stereocenters. The van der Waals surface area contributed by atoms with Gasteiger partial charge in [0.05, 0.1) is 27.0 Å².